The topological polar surface area (TPSA) is 88.7 Å². The number of carbonyl (C=O) groups is 1. The molecule has 0 radical (unpaired) electrons. The van der Waals surface area contributed by atoms with Gasteiger partial charge in [0.2, 0.25) is 0 Å². The molecule has 7 heteroatoms. The number of amides is 1. The number of benzene rings is 1. The molecule has 1 aromatic carbocycles. The number of nitrogens with two attached hydrogens (primary N) is 1. The average Bonchev–Trinajstić information content (AvgIpc) is 2.42. The van der Waals surface area contributed by atoms with Gasteiger partial charge in [-0.3, -0.25) is 4.99 Å². The molecule has 0 heterocycles. The molecule has 0 saturated carbocycles. The van der Waals surface area contributed by atoms with Crippen molar-refractivity contribution in [1.29, 1.82) is 0 Å². The number of carbonyl (C=O) groups excluding carboxylic acids is 1. The fourth-order valence-corrected chi connectivity index (χ4v) is 1.65. The number of guanidine groups is 1. The maximum Gasteiger partial charge on any atom is 0.407 e. The molecule has 1 amide bonds. The summed E-state index contributed by atoms with van der Waals surface area (Å²) >= 11 is 0. The molecular formula is C16H27IN4O2. The lowest BCUT2D eigenvalue weighted by molar-refractivity contribution is 0.0527. The maximum absolute atomic E-state index is 11.4. The normalized spacial score (nSPS) is 11.3. The van der Waals surface area contributed by atoms with Gasteiger partial charge in [-0.05, 0) is 45.7 Å². The Balaban J connectivity index is 0.00000484. The molecule has 4 N–H and O–H groups in total. The number of para-hydroxylation sites is 1. The molecule has 0 aliphatic heterocycles. The highest BCUT2D eigenvalue weighted by molar-refractivity contribution is 14.0. The Hall–Kier alpha value is -1.51. The molecule has 130 valence electrons. The first-order valence-electron chi connectivity index (χ1n) is 7.46. The van der Waals surface area contributed by atoms with Crippen LogP contribution in [0.1, 0.15) is 33.6 Å². The number of hydrogen-bond donors (Lipinski definition) is 3. The number of nitrogens with one attached hydrogen (secondary N) is 2. The highest BCUT2D eigenvalue weighted by atomic mass is 127. The number of ether oxygens (including phenoxy) is 1. The van der Waals surface area contributed by atoms with Crippen molar-refractivity contribution in [2.45, 2.75) is 39.2 Å². The quantitative estimate of drug-likeness (QED) is 0.277. The summed E-state index contributed by atoms with van der Waals surface area (Å²) in [5, 5.41) is 5.73. The number of unbranched alkanes of at least 4 members (excludes halogenated alkanes) is 1. The summed E-state index contributed by atoms with van der Waals surface area (Å²) in [6, 6.07) is 9.65. The van der Waals surface area contributed by atoms with Crippen LogP contribution < -0.4 is 16.4 Å². The monoisotopic (exact) mass is 434 g/mol. The number of halogens is 1. The fourth-order valence-electron chi connectivity index (χ4n) is 1.65. The first-order chi connectivity index (χ1) is 10.4. The van der Waals surface area contributed by atoms with Gasteiger partial charge >= 0.3 is 6.09 Å². The van der Waals surface area contributed by atoms with Crippen LogP contribution in [-0.4, -0.2) is 30.7 Å². The third-order valence-corrected chi connectivity index (χ3v) is 2.58. The van der Waals surface area contributed by atoms with E-state index in [1.807, 2.05) is 51.1 Å². The summed E-state index contributed by atoms with van der Waals surface area (Å²) in [4.78, 5) is 15.6. The summed E-state index contributed by atoms with van der Waals surface area (Å²) < 4.78 is 5.14. The zero-order valence-corrected chi connectivity index (χ0v) is 16.3. The van der Waals surface area contributed by atoms with Crippen LogP contribution in [0.15, 0.2) is 35.3 Å². The van der Waals surface area contributed by atoms with E-state index in [9.17, 15) is 4.79 Å². The summed E-state index contributed by atoms with van der Waals surface area (Å²) in [7, 11) is 0. The van der Waals surface area contributed by atoms with Gasteiger partial charge < -0.3 is 21.1 Å². The number of anilines is 1. The molecule has 6 nitrogen and oxygen atoms in total. The third kappa shape index (κ3) is 11.7. The number of aliphatic imine (C=N–C) groups is 1. The van der Waals surface area contributed by atoms with Crippen LogP contribution >= 0.6 is 24.0 Å². The van der Waals surface area contributed by atoms with Crippen molar-refractivity contribution >= 4 is 41.7 Å². The van der Waals surface area contributed by atoms with Crippen LogP contribution in [0, 0.1) is 0 Å². The Kier molecular flexibility index (Phi) is 10.4. The molecule has 0 aliphatic carbocycles. The molecule has 0 saturated heterocycles. The molecular weight excluding hydrogens is 407 g/mol. The van der Waals surface area contributed by atoms with E-state index in [1.54, 1.807) is 0 Å². The predicted octanol–water partition coefficient (Wildman–Crippen LogP) is 3.34. The first kappa shape index (κ1) is 21.5. The van der Waals surface area contributed by atoms with Crippen LogP contribution in [0.25, 0.3) is 0 Å². The van der Waals surface area contributed by atoms with Crippen molar-refractivity contribution < 1.29 is 9.53 Å². The highest BCUT2D eigenvalue weighted by Gasteiger charge is 2.15. The molecule has 0 spiro atoms. The van der Waals surface area contributed by atoms with E-state index in [2.05, 4.69) is 15.6 Å². The molecule has 1 rings (SSSR count). The highest BCUT2D eigenvalue weighted by Crippen LogP contribution is 2.06. The van der Waals surface area contributed by atoms with Crippen LogP contribution in [0.4, 0.5) is 10.5 Å². The van der Waals surface area contributed by atoms with Gasteiger partial charge in [0.1, 0.15) is 5.60 Å². The second-order valence-corrected chi connectivity index (χ2v) is 5.89. The standard InChI is InChI=1S/C16H26N4O2.HI/c1-16(2,3)22-15(21)19-12-8-7-11-18-14(17)20-13-9-5-4-6-10-13;/h4-6,9-10H,7-8,11-12H2,1-3H3,(H,19,21)(H3,17,18,20);1H. The average molecular weight is 434 g/mol. The SMILES string of the molecule is CC(C)(C)OC(=O)NCCCCN=C(N)Nc1ccccc1.I. The molecule has 0 bridgehead atoms. The molecule has 23 heavy (non-hydrogen) atoms. The molecule has 0 aromatic heterocycles. The van der Waals surface area contributed by atoms with Gasteiger partial charge in [0.25, 0.3) is 0 Å². The minimum Gasteiger partial charge on any atom is -0.444 e. The summed E-state index contributed by atoms with van der Waals surface area (Å²) in [6.07, 6.45) is 1.27. The predicted molar refractivity (Wildman–Crippen MR) is 105 cm³/mol. The summed E-state index contributed by atoms with van der Waals surface area (Å²) in [5.74, 6) is 0.395. The Morgan fingerprint density at radius 2 is 1.87 bits per heavy atom. The van der Waals surface area contributed by atoms with Crippen molar-refractivity contribution in [2.24, 2.45) is 10.7 Å². The van der Waals surface area contributed by atoms with Gasteiger partial charge in [-0.2, -0.15) is 0 Å². The van der Waals surface area contributed by atoms with E-state index in [0.29, 0.717) is 19.0 Å². The molecule has 0 aliphatic rings. The number of nitrogens with zero attached hydrogens (tertiary/aromatic N) is 1. The lowest BCUT2D eigenvalue weighted by Crippen LogP contribution is -2.33. The van der Waals surface area contributed by atoms with E-state index in [-0.39, 0.29) is 30.1 Å². The Morgan fingerprint density at radius 1 is 1.22 bits per heavy atom. The second-order valence-electron chi connectivity index (χ2n) is 5.89. The van der Waals surface area contributed by atoms with E-state index in [1.165, 1.54) is 0 Å². The van der Waals surface area contributed by atoms with Gasteiger partial charge in [0, 0.05) is 18.8 Å². The number of alkyl carbamates (subject to hydrolysis) is 1. The van der Waals surface area contributed by atoms with Crippen LogP contribution in [0.2, 0.25) is 0 Å². The van der Waals surface area contributed by atoms with Crippen molar-refractivity contribution in [1.82, 2.24) is 5.32 Å². The van der Waals surface area contributed by atoms with Crippen molar-refractivity contribution in [3.05, 3.63) is 30.3 Å². The van der Waals surface area contributed by atoms with E-state index in [0.717, 1.165) is 18.5 Å². The van der Waals surface area contributed by atoms with Gasteiger partial charge in [-0.1, -0.05) is 18.2 Å². The van der Waals surface area contributed by atoms with Gasteiger partial charge in [-0.15, -0.1) is 24.0 Å². The van der Waals surface area contributed by atoms with E-state index < -0.39 is 5.60 Å². The van der Waals surface area contributed by atoms with Gasteiger partial charge in [0.15, 0.2) is 5.96 Å². The lowest BCUT2D eigenvalue weighted by atomic mass is 10.2. The van der Waals surface area contributed by atoms with E-state index >= 15 is 0 Å². The van der Waals surface area contributed by atoms with Crippen LogP contribution in [0.3, 0.4) is 0 Å². The van der Waals surface area contributed by atoms with Crippen molar-refractivity contribution in [3.8, 4) is 0 Å². The Labute approximate surface area is 155 Å². The first-order valence-corrected chi connectivity index (χ1v) is 7.46. The van der Waals surface area contributed by atoms with Crippen molar-refractivity contribution in [3.63, 3.8) is 0 Å². The van der Waals surface area contributed by atoms with Crippen molar-refractivity contribution in [2.75, 3.05) is 18.4 Å². The third-order valence-electron chi connectivity index (χ3n) is 2.58. The van der Waals surface area contributed by atoms with Crippen LogP contribution in [0.5, 0.6) is 0 Å². The van der Waals surface area contributed by atoms with Crippen LogP contribution in [-0.2, 0) is 4.74 Å². The fraction of sp³-hybridized carbons (Fsp3) is 0.500. The number of hydrogen-bond acceptors (Lipinski definition) is 3. The zero-order valence-electron chi connectivity index (χ0n) is 14.0. The second kappa shape index (κ2) is 11.1. The molecule has 0 fully saturated rings. The number of rotatable bonds is 6. The molecule has 0 unspecified atom stereocenters. The smallest absolute Gasteiger partial charge is 0.407 e. The zero-order chi connectivity index (χ0) is 16.4. The lowest BCUT2D eigenvalue weighted by Gasteiger charge is -2.19. The van der Waals surface area contributed by atoms with Gasteiger partial charge in [0.05, 0.1) is 0 Å². The molecule has 0 atom stereocenters. The minimum atomic E-state index is -0.466. The minimum absolute atomic E-state index is 0. The molecule has 1 aromatic rings. The summed E-state index contributed by atoms with van der Waals surface area (Å²) in [5.41, 5.74) is 6.23. The van der Waals surface area contributed by atoms with Gasteiger partial charge in [-0.25, -0.2) is 4.79 Å². The largest absolute Gasteiger partial charge is 0.444 e. The summed E-state index contributed by atoms with van der Waals surface area (Å²) in [6.45, 7) is 6.69. The maximum atomic E-state index is 11.4. The Bertz CT molecular complexity index is 487. The van der Waals surface area contributed by atoms with E-state index in [4.69, 9.17) is 10.5 Å². The Morgan fingerprint density at radius 3 is 2.48 bits per heavy atom.